The van der Waals surface area contributed by atoms with E-state index in [4.69, 9.17) is 4.74 Å². The number of amides is 2. The number of carbonyl (C=O) groups excluding carboxylic acids is 3. The molecule has 1 saturated heterocycles. The maximum absolute atomic E-state index is 12.9. The number of benzene rings is 1. The number of esters is 1. The molecule has 136 valence electrons. The molecule has 1 atom stereocenters. The van der Waals surface area contributed by atoms with Crippen LogP contribution in [0.5, 0.6) is 0 Å². The van der Waals surface area contributed by atoms with Crippen molar-refractivity contribution in [2.75, 3.05) is 19.7 Å². The third-order valence-corrected chi connectivity index (χ3v) is 4.03. The van der Waals surface area contributed by atoms with Crippen molar-refractivity contribution >= 4 is 17.8 Å². The molecule has 0 saturated carbocycles. The lowest BCUT2D eigenvalue weighted by molar-refractivity contribution is -0.144. The molecule has 1 fully saturated rings. The van der Waals surface area contributed by atoms with Crippen LogP contribution in [-0.2, 0) is 25.7 Å². The Morgan fingerprint density at radius 3 is 2.68 bits per heavy atom. The van der Waals surface area contributed by atoms with E-state index in [9.17, 15) is 18.8 Å². The van der Waals surface area contributed by atoms with Crippen LogP contribution in [0.15, 0.2) is 24.3 Å². The lowest BCUT2D eigenvalue weighted by Crippen LogP contribution is -2.31. The number of rotatable bonds is 8. The van der Waals surface area contributed by atoms with Crippen molar-refractivity contribution in [1.29, 1.82) is 0 Å². The zero-order valence-corrected chi connectivity index (χ0v) is 14.3. The van der Waals surface area contributed by atoms with Crippen LogP contribution < -0.4 is 5.32 Å². The van der Waals surface area contributed by atoms with E-state index in [1.165, 1.54) is 12.1 Å². The Bertz CT molecular complexity index is 618. The van der Waals surface area contributed by atoms with Gasteiger partial charge < -0.3 is 15.0 Å². The first kappa shape index (κ1) is 18.9. The van der Waals surface area contributed by atoms with Gasteiger partial charge in [0.25, 0.3) is 0 Å². The van der Waals surface area contributed by atoms with E-state index < -0.39 is 0 Å². The highest BCUT2D eigenvalue weighted by molar-refractivity contribution is 5.81. The van der Waals surface area contributed by atoms with Gasteiger partial charge in [0.2, 0.25) is 11.8 Å². The summed E-state index contributed by atoms with van der Waals surface area (Å²) in [6.07, 6.45) is 0.512. The Hall–Kier alpha value is -2.44. The molecule has 0 bridgehead atoms. The summed E-state index contributed by atoms with van der Waals surface area (Å²) in [7, 11) is 0. The second kappa shape index (κ2) is 9.15. The maximum Gasteiger partial charge on any atom is 0.306 e. The Kier molecular flexibility index (Phi) is 6.91. The van der Waals surface area contributed by atoms with Crippen molar-refractivity contribution < 1.29 is 23.5 Å². The minimum Gasteiger partial charge on any atom is -0.466 e. The average Bonchev–Trinajstić information content (AvgIpc) is 2.93. The highest BCUT2D eigenvalue weighted by Crippen LogP contribution is 2.19. The third-order valence-electron chi connectivity index (χ3n) is 4.03. The van der Waals surface area contributed by atoms with Gasteiger partial charge in [-0.3, -0.25) is 14.4 Å². The summed E-state index contributed by atoms with van der Waals surface area (Å²) in [4.78, 5) is 36.7. The number of nitrogens with one attached hydrogen (secondary N) is 1. The fourth-order valence-corrected chi connectivity index (χ4v) is 2.75. The SMILES string of the molecule is CCOC(=O)CCC(=O)NCC1CC(=O)N(Cc2ccc(F)cc2)C1. The van der Waals surface area contributed by atoms with Gasteiger partial charge in [0.1, 0.15) is 5.82 Å². The first-order valence-corrected chi connectivity index (χ1v) is 8.42. The van der Waals surface area contributed by atoms with Crippen LogP contribution in [0.1, 0.15) is 31.7 Å². The maximum atomic E-state index is 12.9. The molecule has 0 radical (unpaired) electrons. The molecule has 2 amide bonds. The van der Waals surface area contributed by atoms with Crippen LogP contribution in [-0.4, -0.2) is 42.4 Å². The summed E-state index contributed by atoms with van der Waals surface area (Å²) in [6.45, 7) is 3.40. The van der Waals surface area contributed by atoms with Crippen LogP contribution in [0.25, 0.3) is 0 Å². The first-order chi connectivity index (χ1) is 12.0. The summed E-state index contributed by atoms with van der Waals surface area (Å²) < 4.78 is 17.7. The van der Waals surface area contributed by atoms with Crippen molar-refractivity contribution in [2.24, 2.45) is 5.92 Å². The number of hydrogen-bond donors (Lipinski definition) is 1. The zero-order chi connectivity index (χ0) is 18.2. The van der Waals surface area contributed by atoms with E-state index in [1.807, 2.05) is 0 Å². The Morgan fingerprint density at radius 2 is 2.00 bits per heavy atom. The van der Waals surface area contributed by atoms with Gasteiger partial charge in [-0.2, -0.15) is 0 Å². The summed E-state index contributed by atoms with van der Waals surface area (Å²) in [5.74, 6) is -0.855. The van der Waals surface area contributed by atoms with Gasteiger partial charge in [0, 0.05) is 38.4 Å². The van der Waals surface area contributed by atoms with Crippen molar-refractivity contribution in [1.82, 2.24) is 10.2 Å². The molecule has 1 unspecified atom stereocenters. The molecule has 2 rings (SSSR count). The largest absolute Gasteiger partial charge is 0.466 e. The van der Waals surface area contributed by atoms with Gasteiger partial charge in [0.15, 0.2) is 0 Å². The quantitative estimate of drug-likeness (QED) is 0.723. The second-order valence-electron chi connectivity index (χ2n) is 6.08. The van der Waals surface area contributed by atoms with E-state index >= 15 is 0 Å². The molecule has 1 aliphatic rings. The van der Waals surface area contributed by atoms with Gasteiger partial charge in [-0.1, -0.05) is 12.1 Å². The Morgan fingerprint density at radius 1 is 1.28 bits per heavy atom. The number of likely N-dealkylation sites (tertiary alicyclic amines) is 1. The second-order valence-corrected chi connectivity index (χ2v) is 6.08. The van der Waals surface area contributed by atoms with Gasteiger partial charge in [-0.05, 0) is 24.6 Å². The minimum absolute atomic E-state index is 0.0232. The molecule has 1 aromatic carbocycles. The topological polar surface area (TPSA) is 75.7 Å². The molecule has 1 aromatic rings. The highest BCUT2D eigenvalue weighted by Gasteiger charge is 2.29. The lowest BCUT2D eigenvalue weighted by Gasteiger charge is -2.17. The lowest BCUT2D eigenvalue weighted by atomic mass is 10.1. The number of nitrogens with zero attached hydrogens (tertiary/aromatic N) is 1. The number of hydrogen-bond acceptors (Lipinski definition) is 4. The van der Waals surface area contributed by atoms with Crippen LogP contribution in [0.2, 0.25) is 0 Å². The fourth-order valence-electron chi connectivity index (χ4n) is 2.75. The van der Waals surface area contributed by atoms with Crippen LogP contribution >= 0.6 is 0 Å². The van der Waals surface area contributed by atoms with Gasteiger partial charge in [0.05, 0.1) is 13.0 Å². The van der Waals surface area contributed by atoms with Crippen LogP contribution in [0, 0.1) is 11.7 Å². The predicted octanol–water partition coefficient (Wildman–Crippen LogP) is 1.63. The molecule has 0 aliphatic carbocycles. The van der Waals surface area contributed by atoms with Gasteiger partial charge in [-0.15, -0.1) is 0 Å². The molecule has 25 heavy (non-hydrogen) atoms. The van der Waals surface area contributed by atoms with E-state index in [1.54, 1.807) is 24.0 Å². The molecule has 1 aliphatic heterocycles. The monoisotopic (exact) mass is 350 g/mol. The normalized spacial score (nSPS) is 16.8. The summed E-state index contributed by atoms with van der Waals surface area (Å²) in [5.41, 5.74) is 0.869. The molecular weight excluding hydrogens is 327 g/mol. The molecule has 1 heterocycles. The van der Waals surface area contributed by atoms with Crippen LogP contribution in [0.4, 0.5) is 4.39 Å². The van der Waals surface area contributed by atoms with Gasteiger partial charge >= 0.3 is 5.97 Å². The van der Waals surface area contributed by atoms with Crippen molar-refractivity contribution in [2.45, 2.75) is 32.7 Å². The van der Waals surface area contributed by atoms with Crippen molar-refractivity contribution in [3.8, 4) is 0 Å². The Balaban J connectivity index is 1.72. The van der Waals surface area contributed by atoms with Crippen LogP contribution in [0.3, 0.4) is 0 Å². The highest BCUT2D eigenvalue weighted by atomic mass is 19.1. The number of carbonyl (C=O) groups is 3. The molecule has 0 aromatic heterocycles. The smallest absolute Gasteiger partial charge is 0.306 e. The Labute approximate surface area is 146 Å². The summed E-state index contributed by atoms with van der Waals surface area (Å²) in [6, 6.07) is 6.06. The van der Waals surface area contributed by atoms with E-state index in [-0.39, 0.29) is 42.4 Å². The minimum atomic E-state index is -0.390. The van der Waals surface area contributed by atoms with Gasteiger partial charge in [-0.25, -0.2) is 4.39 Å². The number of ether oxygens (including phenoxy) is 1. The van der Waals surface area contributed by atoms with Crippen molar-refractivity contribution in [3.63, 3.8) is 0 Å². The van der Waals surface area contributed by atoms with E-state index in [0.717, 1.165) is 5.56 Å². The average molecular weight is 350 g/mol. The van der Waals surface area contributed by atoms with Crippen molar-refractivity contribution in [3.05, 3.63) is 35.6 Å². The molecule has 6 nitrogen and oxygen atoms in total. The van der Waals surface area contributed by atoms with E-state index in [0.29, 0.717) is 32.7 Å². The standard InChI is InChI=1S/C18H23FN2O4/c1-2-25-18(24)8-7-16(22)20-10-14-9-17(23)21(12-14)11-13-3-5-15(19)6-4-13/h3-6,14H,2,7-12H2,1H3,(H,20,22). The molecule has 7 heteroatoms. The number of halogens is 1. The third kappa shape index (κ3) is 6.17. The zero-order valence-electron chi connectivity index (χ0n) is 14.3. The summed E-state index contributed by atoms with van der Waals surface area (Å²) in [5, 5.41) is 2.76. The summed E-state index contributed by atoms with van der Waals surface area (Å²) >= 11 is 0. The molecule has 0 spiro atoms. The molecule has 1 N–H and O–H groups in total. The predicted molar refractivity (Wildman–Crippen MR) is 88.8 cm³/mol. The first-order valence-electron chi connectivity index (χ1n) is 8.42. The molecular formula is C18H23FN2O4. The fraction of sp³-hybridized carbons (Fsp3) is 0.500. The van der Waals surface area contributed by atoms with E-state index in [2.05, 4.69) is 5.32 Å².